The number of nitrogens with zero attached hydrogens (tertiary/aromatic N) is 3. The molecule has 2 aromatic heterocycles. The number of hydrogen-bond donors (Lipinski definition) is 2. The molecule has 0 saturated carbocycles. The van der Waals surface area contributed by atoms with Crippen molar-refractivity contribution in [1.29, 1.82) is 0 Å². The van der Waals surface area contributed by atoms with Gasteiger partial charge in [-0.25, -0.2) is 20.4 Å². The van der Waals surface area contributed by atoms with E-state index in [2.05, 4.69) is 25.7 Å². The number of amides is 1. The van der Waals surface area contributed by atoms with E-state index in [1.165, 1.54) is 30.7 Å². The van der Waals surface area contributed by atoms with Crippen molar-refractivity contribution in [2.24, 2.45) is 0 Å². The summed E-state index contributed by atoms with van der Waals surface area (Å²) in [5.41, 5.74) is 3.22. The number of hydrogen-bond acceptors (Lipinski definition) is 7. The molecule has 2 heterocycles. The van der Waals surface area contributed by atoms with E-state index in [0.717, 1.165) is 17.7 Å². The third kappa shape index (κ3) is 5.71. The summed E-state index contributed by atoms with van der Waals surface area (Å²) >= 11 is 0. The number of oxazole rings is 1. The van der Waals surface area contributed by atoms with Crippen LogP contribution in [-0.2, 0) is 17.6 Å². The van der Waals surface area contributed by atoms with Crippen LogP contribution in [0.4, 0.5) is 24.9 Å². The summed E-state index contributed by atoms with van der Waals surface area (Å²) in [6.07, 6.45) is -0.344. The summed E-state index contributed by atoms with van der Waals surface area (Å²) in [5.74, 6) is -0.441. The minimum Gasteiger partial charge on any atom is -0.423 e. The van der Waals surface area contributed by atoms with Crippen molar-refractivity contribution in [2.45, 2.75) is 12.8 Å². The Morgan fingerprint density at radius 1 is 0.939 bits per heavy atom. The molecular formula is C22H16F3N5O3. The lowest BCUT2D eigenvalue weighted by Crippen LogP contribution is -2.25. The highest BCUT2D eigenvalue weighted by atomic mass is 19.4. The lowest BCUT2D eigenvalue weighted by Gasteiger charge is -2.06. The largest absolute Gasteiger partial charge is 0.423 e. The Hall–Kier alpha value is -4.25. The van der Waals surface area contributed by atoms with Gasteiger partial charge in [0.1, 0.15) is 0 Å². The molecule has 0 fully saturated rings. The molecule has 8 nitrogen and oxygen atoms in total. The van der Waals surface area contributed by atoms with Crippen molar-refractivity contribution in [3.8, 4) is 11.3 Å². The number of aromatic nitrogens is 3. The van der Waals surface area contributed by atoms with Gasteiger partial charge in [0, 0.05) is 5.56 Å². The van der Waals surface area contributed by atoms with E-state index in [1.54, 1.807) is 0 Å². The molecule has 2 N–H and O–H groups in total. The van der Waals surface area contributed by atoms with Gasteiger partial charge >= 0.3 is 12.1 Å². The van der Waals surface area contributed by atoms with Gasteiger partial charge in [-0.05, 0) is 17.7 Å². The summed E-state index contributed by atoms with van der Waals surface area (Å²) in [6.45, 7) is 0.192. The number of nitrogens with one attached hydrogen (secondary N) is 2. The van der Waals surface area contributed by atoms with Crippen LogP contribution in [0.1, 0.15) is 21.7 Å². The third-order valence-corrected chi connectivity index (χ3v) is 4.36. The summed E-state index contributed by atoms with van der Waals surface area (Å²) in [7, 11) is 0. The van der Waals surface area contributed by atoms with E-state index in [1.807, 2.05) is 30.3 Å². The van der Waals surface area contributed by atoms with Crippen LogP contribution in [0.25, 0.3) is 11.3 Å². The number of anilines is 2. The quantitative estimate of drug-likeness (QED) is 0.388. The Bertz CT molecular complexity index is 1210. The number of hydroxylamine groups is 1. The number of halogens is 3. The molecule has 0 saturated heterocycles. The molecule has 4 aromatic rings. The van der Waals surface area contributed by atoms with Gasteiger partial charge in [0.25, 0.3) is 6.01 Å². The van der Waals surface area contributed by atoms with Crippen LogP contribution in [0, 0.1) is 0 Å². The number of carbonyl (C=O) groups excluding carboxylic acids is 1. The highest BCUT2D eigenvalue weighted by molar-refractivity contribution is 5.89. The topological polar surface area (TPSA) is 102 Å². The monoisotopic (exact) mass is 455 g/mol. The summed E-state index contributed by atoms with van der Waals surface area (Å²) in [5, 5.41) is 2.81. The van der Waals surface area contributed by atoms with Gasteiger partial charge in [0.05, 0.1) is 36.4 Å². The van der Waals surface area contributed by atoms with Gasteiger partial charge in [-0.2, -0.15) is 13.2 Å². The van der Waals surface area contributed by atoms with Gasteiger partial charge < -0.3 is 9.73 Å². The first-order valence-corrected chi connectivity index (χ1v) is 9.57. The fourth-order valence-corrected chi connectivity index (χ4v) is 2.73. The zero-order chi connectivity index (χ0) is 23.3. The van der Waals surface area contributed by atoms with Gasteiger partial charge in [0.15, 0.2) is 5.76 Å². The lowest BCUT2D eigenvalue weighted by molar-refractivity contribution is -0.137. The van der Waals surface area contributed by atoms with Crippen molar-refractivity contribution in [3.63, 3.8) is 0 Å². The molecule has 2 aromatic carbocycles. The SMILES string of the molecule is O=C(NOCc1ccccc1)c1ncc(Nc2ncc(-c3ccc(C(F)(F)F)cc3)o2)cn1. The zero-order valence-electron chi connectivity index (χ0n) is 16.8. The van der Waals surface area contributed by atoms with Gasteiger partial charge in [-0.15, -0.1) is 0 Å². The lowest BCUT2D eigenvalue weighted by atomic mass is 10.1. The Balaban J connectivity index is 1.33. The maximum atomic E-state index is 12.7. The normalized spacial score (nSPS) is 11.2. The van der Waals surface area contributed by atoms with Crippen LogP contribution >= 0.6 is 0 Å². The van der Waals surface area contributed by atoms with Crippen LogP contribution in [0.2, 0.25) is 0 Å². The first-order valence-electron chi connectivity index (χ1n) is 9.57. The smallest absolute Gasteiger partial charge is 0.416 e. The minimum atomic E-state index is -4.41. The summed E-state index contributed by atoms with van der Waals surface area (Å²) in [6, 6.07) is 13.9. The van der Waals surface area contributed by atoms with Crippen LogP contribution < -0.4 is 10.8 Å². The fourth-order valence-electron chi connectivity index (χ4n) is 2.73. The molecule has 0 bridgehead atoms. The van der Waals surface area contributed by atoms with E-state index >= 15 is 0 Å². The van der Waals surface area contributed by atoms with Crippen molar-refractivity contribution < 1.29 is 27.2 Å². The molecule has 33 heavy (non-hydrogen) atoms. The van der Waals surface area contributed by atoms with Gasteiger partial charge in [-0.3, -0.25) is 9.63 Å². The second-order valence-electron chi connectivity index (χ2n) is 6.73. The molecule has 0 aliphatic rings. The van der Waals surface area contributed by atoms with Gasteiger partial charge in [-0.1, -0.05) is 42.5 Å². The highest BCUT2D eigenvalue weighted by Gasteiger charge is 2.30. The number of carbonyl (C=O) groups is 1. The predicted molar refractivity (Wildman–Crippen MR) is 111 cm³/mol. The van der Waals surface area contributed by atoms with Crippen molar-refractivity contribution in [3.05, 3.63) is 90.1 Å². The van der Waals surface area contributed by atoms with E-state index in [4.69, 9.17) is 9.25 Å². The second-order valence-corrected chi connectivity index (χ2v) is 6.73. The molecule has 168 valence electrons. The van der Waals surface area contributed by atoms with E-state index in [-0.39, 0.29) is 24.2 Å². The van der Waals surface area contributed by atoms with Crippen LogP contribution in [0.5, 0.6) is 0 Å². The molecule has 0 radical (unpaired) electrons. The fraction of sp³-hybridized carbons (Fsp3) is 0.0909. The second kappa shape index (κ2) is 9.49. The molecule has 0 unspecified atom stereocenters. The number of rotatable bonds is 7. The molecule has 11 heteroatoms. The zero-order valence-corrected chi connectivity index (χ0v) is 16.8. The van der Waals surface area contributed by atoms with Crippen molar-refractivity contribution in [1.82, 2.24) is 20.4 Å². The minimum absolute atomic E-state index is 0.0805. The first-order chi connectivity index (χ1) is 15.9. The Morgan fingerprint density at radius 2 is 1.64 bits per heavy atom. The standard InChI is InChI=1S/C22H16F3N5O3/c23-22(24,25)16-8-6-15(7-9-16)18-12-28-21(33-18)29-17-10-26-19(27-11-17)20(31)30-32-13-14-4-2-1-3-5-14/h1-12H,13H2,(H,28,29)(H,30,31). The van der Waals surface area contributed by atoms with Gasteiger partial charge in [0.2, 0.25) is 5.82 Å². The van der Waals surface area contributed by atoms with Crippen molar-refractivity contribution in [2.75, 3.05) is 5.32 Å². The predicted octanol–water partition coefficient (Wildman–Crippen LogP) is 4.76. The maximum absolute atomic E-state index is 12.7. The average Bonchev–Trinajstić information content (AvgIpc) is 3.28. The molecule has 0 spiro atoms. The van der Waals surface area contributed by atoms with Crippen LogP contribution in [0.3, 0.4) is 0 Å². The Morgan fingerprint density at radius 3 is 2.30 bits per heavy atom. The molecule has 4 rings (SSSR count). The van der Waals surface area contributed by atoms with Crippen LogP contribution in [-0.4, -0.2) is 20.9 Å². The molecule has 0 aliphatic heterocycles. The van der Waals surface area contributed by atoms with Crippen molar-refractivity contribution >= 4 is 17.6 Å². The number of benzene rings is 2. The Labute approximate surface area is 185 Å². The van der Waals surface area contributed by atoms with E-state index in [9.17, 15) is 18.0 Å². The molecular weight excluding hydrogens is 439 g/mol. The third-order valence-electron chi connectivity index (χ3n) is 4.36. The maximum Gasteiger partial charge on any atom is 0.416 e. The summed E-state index contributed by atoms with van der Waals surface area (Å²) in [4.78, 5) is 29.2. The first kappa shape index (κ1) is 22.0. The van der Waals surface area contributed by atoms with Crippen LogP contribution in [0.15, 0.2) is 77.6 Å². The number of alkyl halides is 3. The summed E-state index contributed by atoms with van der Waals surface area (Å²) < 4.78 is 43.6. The average molecular weight is 455 g/mol. The molecule has 1 amide bonds. The molecule has 0 atom stereocenters. The molecule has 0 aliphatic carbocycles. The Kier molecular flexibility index (Phi) is 6.31. The van der Waals surface area contributed by atoms with E-state index < -0.39 is 17.6 Å². The van der Waals surface area contributed by atoms with E-state index in [0.29, 0.717) is 11.3 Å². The highest BCUT2D eigenvalue weighted by Crippen LogP contribution is 2.31.